The van der Waals surface area contributed by atoms with Crippen LogP contribution in [0, 0.1) is 13.8 Å². The number of ether oxygens (including phenoxy) is 1. The van der Waals surface area contributed by atoms with Crippen molar-refractivity contribution in [3.63, 3.8) is 0 Å². The van der Waals surface area contributed by atoms with Crippen LogP contribution < -0.4 is 5.32 Å². The smallest absolute Gasteiger partial charge is 0.0826 e. The molecule has 1 aromatic rings. The molecule has 1 aliphatic rings. The van der Waals surface area contributed by atoms with Crippen molar-refractivity contribution in [2.45, 2.75) is 33.4 Å². The number of hydrogen-bond donors (Lipinski definition) is 1. The van der Waals surface area contributed by atoms with Gasteiger partial charge in [0.05, 0.1) is 12.7 Å². The van der Waals surface area contributed by atoms with Gasteiger partial charge < -0.3 is 14.6 Å². The van der Waals surface area contributed by atoms with Gasteiger partial charge in [0, 0.05) is 44.6 Å². The van der Waals surface area contributed by atoms with E-state index in [1.165, 1.54) is 17.0 Å². The fraction of sp³-hybridized carbons (Fsp3) is 0.733. The predicted molar refractivity (Wildman–Crippen MR) is 78.4 cm³/mol. The van der Waals surface area contributed by atoms with Gasteiger partial charge in [-0.25, -0.2) is 0 Å². The van der Waals surface area contributed by atoms with Crippen molar-refractivity contribution < 1.29 is 4.74 Å². The van der Waals surface area contributed by atoms with E-state index in [1.807, 2.05) is 0 Å². The third-order valence-corrected chi connectivity index (χ3v) is 4.24. The third-order valence-electron chi connectivity index (χ3n) is 4.24. The molecule has 1 atom stereocenters. The zero-order valence-corrected chi connectivity index (χ0v) is 12.7. The summed E-state index contributed by atoms with van der Waals surface area (Å²) in [7, 11) is 2.12. The van der Waals surface area contributed by atoms with E-state index < -0.39 is 0 Å². The summed E-state index contributed by atoms with van der Waals surface area (Å²) in [5.41, 5.74) is 4.06. The average molecular weight is 265 g/mol. The van der Waals surface area contributed by atoms with Crippen molar-refractivity contribution in [1.29, 1.82) is 0 Å². The Bertz CT molecular complexity index is 414. The summed E-state index contributed by atoms with van der Waals surface area (Å²) in [5.74, 6) is 0. The minimum Gasteiger partial charge on any atom is -0.374 e. The summed E-state index contributed by atoms with van der Waals surface area (Å²) in [5, 5.41) is 3.53. The van der Waals surface area contributed by atoms with Crippen molar-refractivity contribution in [2.24, 2.45) is 7.05 Å². The fourth-order valence-electron chi connectivity index (χ4n) is 2.67. The van der Waals surface area contributed by atoms with Crippen molar-refractivity contribution in [3.8, 4) is 0 Å². The molecule has 1 unspecified atom stereocenters. The molecule has 0 amide bonds. The van der Waals surface area contributed by atoms with Crippen LogP contribution in [-0.4, -0.2) is 48.4 Å². The summed E-state index contributed by atoms with van der Waals surface area (Å²) in [6.45, 7) is 12.5. The zero-order chi connectivity index (χ0) is 13.8. The van der Waals surface area contributed by atoms with Gasteiger partial charge in [0.1, 0.15) is 0 Å². The lowest BCUT2D eigenvalue weighted by molar-refractivity contribution is -0.0253. The number of nitrogens with one attached hydrogen (secondary N) is 1. The number of aromatic nitrogens is 1. The normalized spacial score (nSPS) is 20.9. The maximum Gasteiger partial charge on any atom is 0.0826 e. The monoisotopic (exact) mass is 265 g/mol. The molecule has 2 heterocycles. The van der Waals surface area contributed by atoms with Crippen molar-refractivity contribution in [3.05, 3.63) is 23.0 Å². The maximum atomic E-state index is 5.80. The Morgan fingerprint density at radius 3 is 2.84 bits per heavy atom. The molecule has 0 bridgehead atoms. The van der Waals surface area contributed by atoms with Crippen molar-refractivity contribution in [2.75, 3.05) is 32.8 Å². The van der Waals surface area contributed by atoms with Gasteiger partial charge in [0.2, 0.25) is 0 Å². The van der Waals surface area contributed by atoms with Crippen LogP contribution in [0.5, 0.6) is 0 Å². The fourth-order valence-corrected chi connectivity index (χ4v) is 2.67. The molecule has 0 aromatic carbocycles. The van der Waals surface area contributed by atoms with Gasteiger partial charge in [0.25, 0.3) is 0 Å². The lowest BCUT2D eigenvalue weighted by atomic mass is 10.2. The molecule has 1 aromatic heterocycles. The molecule has 19 heavy (non-hydrogen) atoms. The van der Waals surface area contributed by atoms with E-state index >= 15 is 0 Å². The predicted octanol–water partition coefficient (Wildman–Crippen LogP) is 1.45. The molecule has 4 heteroatoms. The van der Waals surface area contributed by atoms with Gasteiger partial charge in [-0.2, -0.15) is 0 Å². The minimum absolute atomic E-state index is 0.332. The van der Waals surface area contributed by atoms with Gasteiger partial charge in [-0.15, -0.1) is 0 Å². The zero-order valence-electron chi connectivity index (χ0n) is 12.7. The Labute approximate surface area is 116 Å². The molecular formula is C15H27N3O. The summed E-state index contributed by atoms with van der Waals surface area (Å²) < 4.78 is 8.04. The highest BCUT2D eigenvalue weighted by atomic mass is 16.5. The van der Waals surface area contributed by atoms with Crippen LogP contribution in [0.25, 0.3) is 0 Å². The summed E-state index contributed by atoms with van der Waals surface area (Å²) in [6.07, 6.45) is 0.332. The van der Waals surface area contributed by atoms with Crippen molar-refractivity contribution in [1.82, 2.24) is 14.8 Å². The van der Waals surface area contributed by atoms with Gasteiger partial charge in [-0.05, 0) is 32.0 Å². The lowest BCUT2D eigenvalue weighted by Gasteiger charge is -2.32. The Hall–Kier alpha value is -0.840. The molecule has 108 valence electrons. The highest BCUT2D eigenvalue weighted by molar-refractivity contribution is 5.26. The second-order valence-electron chi connectivity index (χ2n) is 5.47. The van der Waals surface area contributed by atoms with E-state index in [-0.39, 0.29) is 0 Å². The number of aryl methyl sites for hydroxylation is 1. The van der Waals surface area contributed by atoms with E-state index in [9.17, 15) is 0 Å². The SMILES string of the molecule is CCN1CCOC(CNCc2cc(C)n(C)c2C)C1. The van der Waals surface area contributed by atoms with E-state index in [2.05, 4.69) is 48.7 Å². The summed E-state index contributed by atoms with van der Waals surface area (Å²) >= 11 is 0. The third kappa shape index (κ3) is 3.59. The maximum absolute atomic E-state index is 5.80. The minimum atomic E-state index is 0.332. The van der Waals surface area contributed by atoms with Crippen LogP contribution in [0.4, 0.5) is 0 Å². The largest absolute Gasteiger partial charge is 0.374 e. The Balaban J connectivity index is 1.78. The van der Waals surface area contributed by atoms with E-state index in [1.54, 1.807) is 0 Å². The Morgan fingerprint density at radius 1 is 1.42 bits per heavy atom. The number of nitrogens with zero attached hydrogens (tertiary/aromatic N) is 2. The molecule has 0 spiro atoms. The van der Waals surface area contributed by atoms with E-state index in [0.717, 1.165) is 39.3 Å². The van der Waals surface area contributed by atoms with Crippen LogP contribution in [0.2, 0.25) is 0 Å². The highest BCUT2D eigenvalue weighted by Crippen LogP contribution is 2.13. The Morgan fingerprint density at radius 2 is 2.21 bits per heavy atom. The standard InChI is InChI=1S/C15H27N3O/c1-5-18-6-7-19-15(11-18)10-16-9-14-8-12(2)17(4)13(14)3/h8,15-16H,5-7,9-11H2,1-4H3. The van der Waals surface area contributed by atoms with Gasteiger partial charge in [0.15, 0.2) is 0 Å². The molecule has 0 aliphatic carbocycles. The molecule has 1 N–H and O–H groups in total. The topological polar surface area (TPSA) is 29.4 Å². The van der Waals surface area contributed by atoms with Gasteiger partial charge >= 0.3 is 0 Å². The number of likely N-dealkylation sites (N-methyl/N-ethyl adjacent to an activating group) is 1. The van der Waals surface area contributed by atoms with E-state index in [4.69, 9.17) is 4.74 Å². The average Bonchev–Trinajstić information content (AvgIpc) is 2.67. The van der Waals surface area contributed by atoms with Gasteiger partial charge in [-0.1, -0.05) is 6.92 Å². The van der Waals surface area contributed by atoms with E-state index in [0.29, 0.717) is 6.10 Å². The molecule has 1 saturated heterocycles. The van der Waals surface area contributed by atoms with Crippen LogP contribution in [0.3, 0.4) is 0 Å². The van der Waals surface area contributed by atoms with Crippen LogP contribution in [0.1, 0.15) is 23.9 Å². The van der Waals surface area contributed by atoms with Crippen LogP contribution in [-0.2, 0) is 18.3 Å². The summed E-state index contributed by atoms with van der Waals surface area (Å²) in [6, 6.07) is 2.27. The second-order valence-corrected chi connectivity index (χ2v) is 5.47. The molecule has 2 rings (SSSR count). The first-order chi connectivity index (χ1) is 9.11. The number of morpholine rings is 1. The molecule has 1 aliphatic heterocycles. The summed E-state index contributed by atoms with van der Waals surface area (Å²) in [4.78, 5) is 2.45. The number of hydrogen-bond acceptors (Lipinski definition) is 3. The second kappa shape index (κ2) is 6.55. The van der Waals surface area contributed by atoms with Crippen LogP contribution >= 0.6 is 0 Å². The molecular weight excluding hydrogens is 238 g/mol. The van der Waals surface area contributed by atoms with Crippen LogP contribution in [0.15, 0.2) is 6.07 Å². The molecule has 0 radical (unpaired) electrons. The Kier molecular flexibility index (Phi) is 5.02. The highest BCUT2D eigenvalue weighted by Gasteiger charge is 2.18. The van der Waals surface area contributed by atoms with Gasteiger partial charge in [-0.3, -0.25) is 4.90 Å². The first kappa shape index (κ1) is 14.6. The number of rotatable bonds is 5. The quantitative estimate of drug-likeness (QED) is 0.874. The first-order valence-corrected chi connectivity index (χ1v) is 7.28. The first-order valence-electron chi connectivity index (χ1n) is 7.28. The molecule has 4 nitrogen and oxygen atoms in total. The lowest BCUT2D eigenvalue weighted by Crippen LogP contribution is -2.46. The molecule has 1 fully saturated rings. The van der Waals surface area contributed by atoms with Crippen molar-refractivity contribution >= 4 is 0 Å². The molecule has 0 saturated carbocycles.